The van der Waals surface area contributed by atoms with Gasteiger partial charge in [-0.1, -0.05) is 0 Å². The van der Waals surface area contributed by atoms with Crippen molar-refractivity contribution < 1.29 is 4.79 Å². The van der Waals surface area contributed by atoms with E-state index in [2.05, 4.69) is 10.3 Å². The van der Waals surface area contributed by atoms with Gasteiger partial charge in [0.2, 0.25) is 0 Å². The van der Waals surface area contributed by atoms with Crippen molar-refractivity contribution in [1.29, 1.82) is 0 Å². The summed E-state index contributed by atoms with van der Waals surface area (Å²) in [5, 5.41) is 2.87. The maximum Gasteiger partial charge on any atom is 0.257 e. The normalized spacial score (nSPS) is 10.2. The van der Waals surface area contributed by atoms with Gasteiger partial charge in [-0.3, -0.25) is 4.79 Å². The standard InChI is InChI=1S/C14H17N3O/c1-10-13(8-9-15-10)14(18)16-11-4-6-12(7-5-11)17(2)3/h4-9,15H,1-3H3,(H,16,18). The number of aryl methyl sites for hydroxylation is 1. The second kappa shape index (κ2) is 4.96. The van der Waals surface area contributed by atoms with E-state index >= 15 is 0 Å². The van der Waals surface area contributed by atoms with E-state index < -0.39 is 0 Å². The molecule has 94 valence electrons. The maximum atomic E-state index is 12.0. The van der Waals surface area contributed by atoms with E-state index in [1.165, 1.54) is 0 Å². The molecule has 0 fully saturated rings. The molecular weight excluding hydrogens is 226 g/mol. The minimum atomic E-state index is -0.0913. The minimum absolute atomic E-state index is 0.0913. The first kappa shape index (κ1) is 12.2. The average Bonchev–Trinajstić information content (AvgIpc) is 2.76. The number of carbonyl (C=O) groups is 1. The second-order valence-corrected chi connectivity index (χ2v) is 4.41. The zero-order valence-corrected chi connectivity index (χ0v) is 10.8. The first-order valence-corrected chi connectivity index (χ1v) is 5.80. The molecular formula is C14H17N3O. The summed E-state index contributed by atoms with van der Waals surface area (Å²) >= 11 is 0. The summed E-state index contributed by atoms with van der Waals surface area (Å²) in [6.07, 6.45) is 1.76. The SMILES string of the molecule is Cc1[nH]ccc1C(=O)Nc1ccc(N(C)C)cc1. The lowest BCUT2D eigenvalue weighted by Crippen LogP contribution is -2.13. The highest BCUT2D eigenvalue weighted by Gasteiger charge is 2.09. The number of H-pyrrole nitrogens is 1. The van der Waals surface area contributed by atoms with Crippen LogP contribution in [0.4, 0.5) is 11.4 Å². The van der Waals surface area contributed by atoms with Crippen LogP contribution in [-0.4, -0.2) is 25.0 Å². The highest BCUT2D eigenvalue weighted by molar-refractivity contribution is 6.05. The van der Waals surface area contributed by atoms with Gasteiger partial charge >= 0.3 is 0 Å². The molecule has 0 saturated heterocycles. The third kappa shape index (κ3) is 2.53. The summed E-state index contributed by atoms with van der Waals surface area (Å²) in [5.41, 5.74) is 3.45. The number of anilines is 2. The van der Waals surface area contributed by atoms with Crippen LogP contribution in [0.3, 0.4) is 0 Å². The van der Waals surface area contributed by atoms with Gasteiger partial charge < -0.3 is 15.2 Å². The van der Waals surface area contributed by atoms with Crippen molar-refractivity contribution in [2.24, 2.45) is 0 Å². The Morgan fingerprint density at radius 2 is 1.83 bits per heavy atom. The van der Waals surface area contributed by atoms with E-state index in [0.29, 0.717) is 5.56 Å². The van der Waals surface area contributed by atoms with Gasteiger partial charge in [0, 0.05) is 37.4 Å². The fourth-order valence-corrected chi connectivity index (χ4v) is 1.74. The van der Waals surface area contributed by atoms with E-state index in [4.69, 9.17) is 0 Å². The van der Waals surface area contributed by atoms with Gasteiger partial charge in [-0.05, 0) is 37.3 Å². The highest BCUT2D eigenvalue weighted by atomic mass is 16.1. The van der Waals surface area contributed by atoms with Crippen LogP contribution in [0.5, 0.6) is 0 Å². The third-order valence-corrected chi connectivity index (χ3v) is 2.84. The fourth-order valence-electron chi connectivity index (χ4n) is 1.74. The molecule has 0 aliphatic rings. The molecule has 0 radical (unpaired) electrons. The Bertz CT molecular complexity index is 540. The summed E-state index contributed by atoms with van der Waals surface area (Å²) in [7, 11) is 3.97. The van der Waals surface area contributed by atoms with Crippen LogP contribution in [-0.2, 0) is 0 Å². The Morgan fingerprint density at radius 1 is 1.17 bits per heavy atom. The molecule has 1 heterocycles. The van der Waals surface area contributed by atoms with Crippen LogP contribution < -0.4 is 10.2 Å². The van der Waals surface area contributed by atoms with Gasteiger partial charge in [0.1, 0.15) is 0 Å². The van der Waals surface area contributed by atoms with Gasteiger partial charge in [0.05, 0.1) is 5.56 Å². The fraction of sp³-hybridized carbons (Fsp3) is 0.214. The van der Waals surface area contributed by atoms with E-state index in [0.717, 1.165) is 17.1 Å². The number of aromatic nitrogens is 1. The Morgan fingerprint density at radius 3 is 2.33 bits per heavy atom. The average molecular weight is 243 g/mol. The predicted molar refractivity (Wildman–Crippen MR) is 74.3 cm³/mol. The van der Waals surface area contributed by atoms with Gasteiger partial charge in [-0.2, -0.15) is 0 Å². The molecule has 1 aromatic heterocycles. The Labute approximate surface area is 107 Å². The van der Waals surface area contributed by atoms with E-state index in [1.54, 1.807) is 12.3 Å². The molecule has 0 spiro atoms. The molecule has 2 rings (SSSR count). The van der Waals surface area contributed by atoms with Crippen molar-refractivity contribution in [2.75, 3.05) is 24.3 Å². The Hall–Kier alpha value is -2.23. The van der Waals surface area contributed by atoms with Crippen LogP contribution in [0.1, 0.15) is 16.1 Å². The number of carbonyl (C=O) groups excluding carboxylic acids is 1. The summed E-state index contributed by atoms with van der Waals surface area (Å²) in [4.78, 5) is 17.0. The monoisotopic (exact) mass is 243 g/mol. The molecule has 18 heavy (non-hydrogen) atoms. The lowest BCUT2D eigenvalue weighted by Gasteiger charge is -2.13. The zero-order chi connectivity index (χ0) is 13.1. The van der Waals surface area contributed by atoms with Crippen molar-refractivity contribution in [1.82, 2.24) is 4.98 Å². The van der Waals surface area contributed by atoms with E-state index in [1.807, 2.05) is 50.2 Å². The number of nitrogens with zero attached hydrogens (tertiary/aromatic N) is 1. The van der Waals surface area contributed by atoms with Gasteiger partial charge in [-0.25, -0.2) is 0 Å². The van der Waals surface area contributed by atoms with Crippen LogP contribution >= 0.6 is 0 Å². The van der Waals surface area contributed by atoms with Crippen LogP contribution in [0.15, 0.2) is 36.5 Å². The smallest absolute Gasteiger partial charge is 0.257 e. The number of benzene rings is 1. The molecule has 2 N–H and O–H groups in total. The van der Waals surface area contributed by atoms with Gasteiger partial charge in [-0.15, -0.1) is 0 Å². The molecule has 4 heteroatoms. The molecule has 1 amide bonds. The molecule has 0 bridgehead atoms. The summed E-state index contributed by atoms with van der Waals surface area (Å²) in [5.74, 6) is -0.0913. The molecule has 1 aromatic carbocycles. The lowest BCUT2D eigenvalue weighted by molar-refractivity contribution is 0.102. The quantitative estimate of drug-likeness (QED) is 0.870. The zero-order valence-electron chi connectivity index (χ0n) is 10.8. The predicted octanol–water partition coefficient (Wildman–Crippen LogP) is 2.64. The van der Waals surface area contributed by atoms with Crippen LogP contribution in [0.2, 0.25) is 0 Å². The number of hydrogen-bond donors (Lipinski definition) is 2. The summed E-state index contributed by atoms with van der Waals surface area (Å²) in [6, 6.07) is 9.52. The lowest BCUT2D eigenvalue weighted by atomic mass is 10.2. The van der Waals surface area contributed by atoms with Crippen LogP contribution in [0, 0.1) is 6.92 Å². The van der Waals surface area contributed by atoms with Crippen molar-refractivity contribution >= 4 is 17.3 Å². The van der Waals surface area contributed by atoms with Crippen molar-refractivity contribution in [2.45, 2.75) is 6.92 Å². The van der Waals surface area contributed by atoms with Gasteiger partial charge in [0.15, 0.2) is 0 Å². The first-order valence-electron chi connectivity index (χ1n) is 5.80. The molecule has 0 unspecified atom stereocenters. The van der Waals surface area contributed by atoms with E-state index in [-0.39, 0.29) is 5.91 Å². The van der Waals surface area contributed by atoms with Crippen molar-refractivity contribution in [3.63, 3.8) is 0 Å². The molecule has 4 nitrogen and oxygen atoms in total. The second-order valence-electron chi connectivity index (χ2n) is 4.41. The summed E-state index contributed by atoms with van der Waals surface area (Å²) in [6.45, 7) is 1.88. The highest BCUT2D eigenvalue weighted by Crippen LogP contribution is 2.17. The van der Waals surface area contributed by atoms with Crippen LogP contribution in [0.25, 0.3) is 0 Å². The largest absolute Gasteiger partial charge is 0.378 e. The molecule has 0 aliphatic carbocycles. The summed E-state index contributed by atoms with van der Waals surface area (Å²) < 4.78 is 0. The molecule has 0 aliphatic heterocycles. The van der Waals surface area contributed by atoms with E-state index in [9.17, 15) is 4.79 Å². The van der Waals surface area contributed by atoms with Crippen molar-refractivity contribution in [3.8, 4) is 0 Å². The number of amides is 1. The molecule has 2 aromatic rings. The number of hydrogen-bond acceptors (Lipinski definition) is 2. The Balaban J connectivity index is 2.10. The number of nitrogens with one attached hydrogen (secondary N) is 2. The molecule has 0 saturated carbocycles. The van der Waals surface area contributed by atoms with Gasteiger partial charge in [0.25, 0.3) is 5.91 Å². The first-order chi connectivity index (χ1) is 8.58. The van der Waals surface area contributed by atoms with Crippen molar-refractivity contribution in [3.05, 3.63) is 47.8 Å². The number of rotatable bonds is 3. The third-order valence-electron chi connectivity index (χ3n) is 2.84. The number of aromatic amines is 1. The topological polar surface area (TPSA) is 48.1 Å². The minimum Gasteiger partial charge on any atom is -0.378 e. The molecule has 0 atom stereocenters. The maximum absolute atomic E-state index is 12.0. The Kier molecular flexibility index (Phi) is 3.37.